The lowest BCUT2D eigenvalue weighted by Crippen LogP contribution is -2.28. The van der Waals surface area contributed by atoms with Crippen LogP contribution in [0.15, 0.2) is 11.6 Å². The van der Waals surface area contributed by atoms with Gasteiger partial charge in [-0.25, -0.2) is 0 Å². The Hall–Kier alpha value is -0.340. The molecule has 1 aliphatic carbocycles. The topological polar surface area (TPSA) is 32.3 Å². The molecule has 2 nitrogen and oxygen atoms in total. The third-order valence-corrected chi connectivity index (χ3v) is 2.61. The average Bonchev–Trinajstić information content (AvgIpc) is 2.03. The van der Waals surface area contributed by atoms with Crippen molar-refractivity contribution in [3.05, 3.63) is 11.6 Å². The van der Waals surface area contributed by atoms with E-state index in [1.165, 1.54) is 18.4 Å². The lowest BCUT2D eigenvalue weighted by Gasteiger charge is -2.25. The van der Waals surface area contributed by atoms with Gasteiger partial charge in [0.1, 0.15) is 0 Å². The van der Waals surface area contributed by atoms with Crippen molar-refractivity contribution in [3.8, 4) is 0 Å². The molecule has 0 fully saturated rings. The fourth-order valence-electron chi connectivity index (χ4n) is 2.23. The first kappa shape index (κ1) is 10.7. The predicted molar refractivity (Wildman–Crippen MR) is 55.6 cm³/mol. The lowest BCUT2D eigenvalue weighted by atomic mass is 9.84. The highest BCUT2D eigenvalue weighted by Crippen LogP contribution is 2.26. The van der Waals surface area contributed by atoms with Gasteiger partial charge in [0, 0.05) is 6.54 Å². The molecular formula is C11H21NO. The first-order valence-electron chi connectivity index (χ1n) is 5.21. The Morgan fingerprint density at radius 2 is 2.38 bits per heavy atom. The van der Waals surface area contributed by atoms with E-state index in [0.717, 1.165) is 24.9 Å². The highest BCUT2D eigenvalue weighted by molar-refractivity contribution is 5.06. The van der Waals surface area contributed by atoms with E-state index in [-0.39, 0.29) is 6.61 Å². The van der Waals surface area contributed by atoms with Gasteiger partial charge in [-0.1, -0.05) is 18.6 Å². The van der Waals surface area contributed by atoms with E-state index >= 15 is 0 Å². The van der Waals surface area contributed by atoms with E-state index in [0.29, 0.717) is 0 Å². The van der Waals surface area contributed by atoms with Crippen LogP contribution in [-0.2, 0) is 0 Å². The highest BCUT2D eigenvalue weighted by Gasteiger charge is 2.17. The van der Waals surface area contributed by atoms with E-state index in [1.54, 1.807) is 0 Å². The van der Waals surface area contributed by atoms with Gasteiger partial charge in [-0.3, -0.25) is 0 Å². The first-order valence-corrected chi connectivity index (χ1v) is 5.21. The van der Waals surface area contributed by atoms with Crippen LogP contribution in [0.3, 0.4) is 0 Å². The van der Waals surface area contributed by atoms with Gasteiger partial charge < -0.3 is 10.4 Å². The third-order valence-electron chi connectivity index (χ3n) is 2.61. The Labute approximate surface area is 81.0 Å². The maximum Gasteiger partial charge on any atom is 0.0555 e. The van der Waals surface area contributed by atoms with Crippen LogP contribution in [0.25, 0.3) is 0 Å². The fraction of sp³-hybridized carbons (Fsp3) is 0.818. The summed E-state index contributed by atoms with van der Waals surface area (Å²) in [4.78, 5) is 0. The number of rotatable bonds is 4. The van der Waals surface area contributed by atoms with Crippen molar-refractivity contribution < 1.29 is 5.11 Å². The molecule has 0 saturated carbocycles. The number of nitrogens with one attached hydrogen (secondary N) is 1. The molecule has 2 unspecified atom stereocenters. The summed E-state index contributed by atoms with van der Waals surface area (Å²) in [5.41, 5.74) is 1.52. The van der Waals surface area contributed by atoms with Gasteiger partial charge in [-0.2, -0.15) is 0 Å². The van der Waals surface area contributed by atoms with Crippen molar-refractivity contribution in [2.24, 2.45) is 11.8 Å². The van der Waals surface area contributed by atoms with Crippen LogP contribution in [-0.4, -0.2) is 24.8 Å². The summed E-state index contributed by atoms with van der Waals surface area (Å²) in [6.45, 7) is 6.53. The van der Waals surface area contributed by atoms with Crippen molar-refractivity contribution in [2.75, 3.05) is 19.7 Å². The highest BCUT2D eigenvalue weighted by atomic mass is 16.3. The van der Waals surface area contributed by atoms with Gasteiger partial charge in [-0.15, -0.1) is 0 Å². The van der Waals surface area contributed by atoms with Crippen LogP contribution < -0.4 is 5.32 Å². The molecule has 1 rings (SSSR count). The Morgan fingerprint density at radius 1 is 1.62 bits per heavy atom. The van der Waals surface area contributed by atoms with Crippen LogP contribution in [0.5, 0.6) is 0 Å². The normalized spacial score (nSPS) is 28.7. The fourth-order valence-corrected chi connectivity index (χ4v) is 2.23. The van der Waals surface area contributed by atoms with Gasteiger partial charge in [0.05, 0.1) is 6.61 Å². The number of aliphatic hydroxyl groups is 1. The molecule has 2 atom stereocenters. The third kappa shape index (κ3) is 3.92. The first-order chi connectivity index (χ1) is 6.22. The van der Waals surface area contributed by atoms with Crippen LogP contribution in [0.4, 0.5) is 0 Å². The largest absolute Gasteiger partial charge is 0.395 e. The summed E-state index contributed by atoms with van der Waals surface area (Å²) in [5, 5.41) is 11.9. The summed E-state index contributed by atoms with van der Waals surface area (Å²) >= 11 is 0. The van der Waals surface area contributed by atoms with Gasteiger partial charge in [-0.05, 0) is 38.1 Å². The Balaban J connectivity index is 2.24. The zero-order valence-electron chi connectivity index (χ0n) is 8.71. The monoisotopic (exact) mass is 183 g/mol. The van der Waals surface area contributed by atoms with Crippen LogP contribution in [0.2, 0.25) is 0 Å². The molecule has 0 heterocycles. The second-order valence-electron chi connectivity index (χ2n) is 4.22. The molecule has 0 amide bonds. The van der Waals surface area contributed by atoms with E-state index in [2.05, 4.69) is 25.2 Å². The minimum atomic E-state index is 0.247. The summed E-state index contributed by atoms with van der Waals surface area (Å²) in [6, 6.07) is 0. The molecular weight excluding hydrogens is 162 g/mol. The molecule has 2 N–H and O–H groups in total. The summed E-state index contributed by atoms with van der Waals surface area (Å²) in [5.74, 6) is 1.50. The van der Waals surface area contributed by atoms with Gasteiger partial charge in [0.15, 0.2) is 0 Å². The molecule has 0 bridgehead atoms. The Kier molecular flexibility index (Phi) is 4.46. The molecule has 0 aromatic heterocycles. The zero-order chi connectivity index (χ0) is 9.68. The van der Waals surface area contributed by atoms with Gasteiger partial charge in [0.25, 0.3) is 0 Å². The summed E-state index contributed by atoms with van der Waals surface area (Å²) in [7, 11) is 0. The summed E-state index contributed by atoms with van der Waals surface area (Å²) < 4.78 is 0. The Bertz CT molecular complexity index is 177. The van der Waals surface area contributed by atoms with Crippen molar-refractivity contribution in [2.45, 2.75) is 26.7 Å². The smallest absolute Gasteiger partial charge is 0.0555 e. The van der Waals surface area contributed by atoms with Crippen molar-refractivity contribution in [1.82, 2.24) is 5.32 Å². The maximum atomic E-state index is 8.63. The van der Waals surface area contributed by atoms with Crippen LogP contribution in [0.1, 0.15) is 26.7 Å². The number of aliphatic hydroxyl groups excluding tert-OH is 1. The minimum Gasteiger partial charge on any atom is -0.395 e. The maximum absolute atomic E-state index is 8.63. The SMILES string of the molecule is CC1=CC(C)CC(CNCCO)C1. The summed E-state index contributed by atoms with van der Waals surface area (Å²) in [6.07, 6.45) is 4.89. The van der Waals surface area contributed by atoms with Crippen molar-refractivity contribution >= 4 is 0 Å². The van der Waals surface area contributed by atoms with Crippen LogP contribution >= 0.6 is 0 Å². The average molecular weight is 183 g/mol. The molecule has 0 radical (unpaired) electrons. The molecule has 0 saturated heterocycles. The lowest BCUT2D eigenvalue weighted by molar-refractivity contribution is 0.283. The second kappa shape index (κ2) is 5.40. The molecule has 0 spiro atoms. The number of hydrogen-bond acceptors (Lipinski definition) is 2. The standard InChI is InChI=1S/C11H21NO/c1-9-5-10(2)7-11(6-9)8-12-3-4-13/h5,9,11-13H,3-4,6-8H2,1-2H3. The van der Waals surface area contributed by atoms with Gasteiger partial charge >= 0.3 is 0 Å². The molecule has 1 aliphatic rings. The zero-order valence-corrected chi connectivity index (χ0v) is 8.71. The molecule has 13 heavy (non-hydrogen) atoms. The second-order valence-corrected chi connectivity index (χ2v) is 4.22. The predicted octanol–water partition coefficient (Wildman–Crippen LogP) is 1.56. The molecule has 2 heteroatoms. The molecule has 0 aromatic carbocycles. The number of allylic oxidation sites excluding steroid dienone is 2. The van der Waals surface area contributed by atoms with Gasteiger partial charge in [0.2, 0.25) is 0 Å². The molecule has 0 aromatic rings. The van der Waals surface area contributed by atoms with E-state index in [4.69, 9.17) is 5.11 Å². The van der Waals surface area contributed by atoms with Crippen molar-refractivity contribution in [1.29, 1.82) is 0 Å². The van der Waals surface area contributed by atoms with Crippen molar-refractivity contribution in [3.63, 3.8) is 0 Å². The quantitative estimate of drug-likeness (QED) is 0.512. The van der Waals surface area contributed by atoms with E-state index in [9.17, 15) is 0 Å². The minimum absolute atomic E-state index is 0.247. The Morgan fingerprint density at radius 3 is 3.00 bits per heavy atom. The van der Waals surface area contributed by atoms with E-state index < -0.39 is 0 Å². The molecule has 76 valence electrons. The van der Waals surface area contributed by atoms with E-state index in [1.807, 2.05) is 0 Å². The molecule has 0 aliphatic heterocycles. The van der Waals surface area contributed by atoms with Crippen LogP contribution in [0, 0.1) is 11.8 Å². The number of hydrogen-bond donors (Lipinski definition) is 2.